The van der Waals surface area contributed by atoms with Gasteiger partial charge in [-0.15, -0.1) is 0 Å². The van der Waals surface area contributed by atoms with Crippen molar-refractivity contribution < 1.29 is 37.5 Å². The van der Waals surface area contributed by atoms with Crippen LogP contribution in [-0.4, -0.2) is 60.2 Å². The second-order valence-electron chi connectivity index (χ2n) is 13.1. The molecule has 0 fully saturated rings. The summed E-state index contributed by atoms with van der Waals surface area (Å²) in [6, 6.07) is 0. The fourth-order valence-electron chi connectivity index (χ4n) is 2.59. The molecule has 0 saturated carbocycles. The average molecular weight is 528 g/mol. The maximum Gasteiger partial charge on any atom is 0.0866 e. The average Bonchev–Trinajstić information content (AvgIpc) is 2.52. The fraction of sp³-hybridized carbons (Fsp3) is 1.00. The third kappa shape index (κ3) is 11.7. The van der Waals surface area contributed by atoms with Gasteiger partial charge >= 0.3 is 0 Å². The number of aliphatic hydroxyl groups excluding tert-OH is 4. The summed E-state index contributed by atoms with van der Waals surface area (Å²) >= 11 is 0. The monoisotopic (exact) mass is 527 g/mol. The van der Waals surface area contributed by atoms with Crippen molar-refractivity contribution in [3.05, 3.63) is 0 Å². The molecule has 0 aromatic rings. The maximum atomic E-state index is 10.2. The third-order valence-electron chi connectivity index (χ3n) is 8.00. The van der Waals surface area contributed by atoms with E-state index in [1.165, 1.54) is 0 Å². The largest absolute Gasteiger partial charge is 0.396 e. The van der Waals surface area contributed by atoms with Gasteiger partial charge in [-0.2, -0.15) is 0 Å². The summed E-state index contributed by atoms with van der Waals surface area (Å²) in [5.74, 6) is 0.453. The zero-order valence-electron chi connectivity index (χ0n) is 23.0. The fourth-order valence-corrected chi connectivity index (χ4v) is 6.25. The zero-order valence-corrected chi connectivity index (χ0v) is 25.9. The van der Waals surface area contributed by atoms with Gasteiger partial charge in [0.2, 0.25) is 0 Å². The molecule has 31 heavy (non-hydrogen) atoms. The van der Waals surface area contributed by atoms with Gasteiger partial charge < -0.3 is 20.4 Å². The zero-order chi connectivity index (χ0) is 24.9. The van der Waals surface area contributed by atoms with Crippen LogP contribution in [0.1, 0.15) is 82.1 Å². The Morgan fingerprint density at radius 3 is 0.871 bits per heavy atom. The number of hydrogen-bond donors (Lipinski definition) is 4. The Labute approximate surface area is 207 Å². The van der Waals surface area contributed by atoms with Crippen molar-refractivity contribution in [1.82, 2.24) is 0 Å². The molecule has 4 nitrogen and oxygen atoms in total. The first kappa shape index (κ1) is 36.4. The Morgan fingerprint density at radius 2 is 0.742 bits per heavy atom. The predicted octanol–water partition coefficient (Wildman–Crippen LogP) is 5.60. The van der Waals surface area contributed by atoms with Gasteiger partial charge in [0.05, 0.1) is 28.4 Å². The van der Waals surface area contributed by atoms with Crippen LogP contribution in [-0.2, 0) is 17.1 Å². The summed E-state index contributed by atoms with van der Waals surface area (Å²) in [6.45, 7) is 29.9. The van der Waals surface area contributed by atoms with E-state index in [0.29, 0.717) is 12.8 Å². The molecule has 0 aliphatic rings. The molecule has 7 heteroatoms. The molecule has 0 rings (SSSR count). The van der Waals surface area contributed by atoms with Gasteiger partial charge in [0.1, 0.15) is 0 Å². The Morgan fingerprint density at radius 1 is 0.548 bits per heavy atom. The quantitative estimate of drug-likeness (QED) is 0.309. The molecule has 0 amide bonds. The molecule has 0 heterocycles. The Balaban J connectivity index is -0.000000490. The van der Waals surface area contributed by atoms with Crippen LogP contribution in [0.15, 0.2) is 0 Å². The molecule has 0 spiro atoms. The minimum atomic E-state index is -1.72. The van der Waals surface area contributed by atoms with Crippen molar-refractivity contribution in [3.8, 4) is 0 Å². The van der Waals surface area contributed by atoms with Gasteiger partial charge in [-0.05, 0) is 34.8 Å². The molecule has 0 bridgehead atoms. The predicted molar refractivity (Wildman–Crippen MR) is 137 cm³/mol. The van der Waals surface area contributed by atoms with E-state index in [9.17, 15) is 20.4 Å². The summed E-state index contributed by atoms with van der Waals surface area (Å²) in [6.07, 6.45) is 0.283. The molecule has 1 radical (unpaired) electrons. The van der Waals surface area contributed by atoms with Crippen LogP contribution in [0.3, 0.4) is 0 Å². The van der Waals surface area contributed by atoms with Crippen molar-refractivity contribution >= 4 is 16.1 Å². The first-order valence-corrected chi connectivity index (χ1v) is 17.9. The smallest absolute Gasteiger partial charge is 0.0866 e. The van der Waals surface area contributed by atoms with Crippen LogP contribution in [0.25, 0.3) is 0 Å². The van der Waals surface area contributed by atoms with Crippen LogP contribution >= 0.6 is 0 Å². The topological polar surface area (TPSA) is 80.9 Å². The van der Waals surface area contributed by atoms with Gasteiger partial charge in [-0.25, -0.2) is 0 Å². The molecule has 0 aliphatic heterocycles. The maximum absolute atomic E-state index is 10.2. The molecule has 0 aromatic heterocycles. The first-order valence-electron chi connectivity index (χ1n) is 11.7. The second kappa shape index (κ2) is 13.6. The van der Waals surface area contributed by atoms with Crippen molar-refractivity contribution in [2.24, 2.45) is 11.8 Å². The molecule has 195 valence electrons. The summed E-state index contributed by atoms with van der Waals surface area (Å²) in [4.78, 5) is 0. The van der Waals surface area contributed by atoms with Crippen molar-refractivity contribution in [2.45, 2.75) is 142 Å². The minimum absolute atomic E-state index is 0. The van der Waals surface area contributed by atoms with E-state index < -0.39 is 16.1 Å². The molecular formula is C24H56CuO4Si2. The van der Waals surface area contributed by atoms with Crippen molar-refractivity contribution in [1.29, 1.82) is 0 Å². The molecule has 4 N–H and O–H groups in total. The van der Waals surface area contributed by atoms with E-state index in [0.717, 1.165) is 0 Å². The number of rotatable bonds is 8. The van der Waals surface area contributed by atoms with Crippen LogP contribution in [0.4, 0.5) is 0 Å². The van der Waals surface area contributed by atoms with E-state index in [4.69, 9.17) is 0 Å². The van der Waals surface area contributed by atoms with E-state index >= 15 is 0 Å². The Kier molecular flexibility index (Phi) is 16.0. The van der Waals surface area contributed by atoms with Gasteiger partial charge in [-0.3, -0.25) is 0 Å². The number of hydrogen-bond acceptors (Lipinski definition) is 4. The van der Waals surface area contributed by atoms with Gasteiger partial charge in [0.25, 0.3) is 0 Å². The molecule has 0 aromatic carbocycles. The molecule has 0 aliphatic carbocycles. The normalized spacial score (nSPS) is 17.4. The van der Waals surface area contributed by atoms with E-state index in [1.54, 1.807) is 0 Å². The standard InChI is InChI=1S/2C12H28O2Si.Cu/c2*1-9(2)10(13)8-11(14)15(6,7)12(3,4)5;/h2*9-11,13-14H,8H2,1-7H3;. The van der Waals surface area contributed by atoms with Crippen LogP contribution < -0.4 is 0 Å². The van der Waals surface area contributed by atoms with E-state index in [1.807, 2.05) is 27.7 Å². The van der Waals surface area contributed by atoms with Gasteiger partial charge in [-0.1, -0.05) is 95.4 Å². The van der Waals surface area contributed by atoms with Crippen LogP contribution in [0.5, 0.6) is 0 Å². The van der Waals surface area contributed by atoms with Crippen molar-refractivity contribution in [2.75, 3.05) is 0 Å². The summed E-state index contributed by atoms with van der Waals surface area (Å²) in [5, 5.41) is 40.4. The Bertz CT molecular complexity index is 439. The summed E-state index contributed by atoms with van der Waals surface area (Å²) in [5.41, 5.74) is -0.648. The van der Waals surface area contributed by atoms with Gasteiger partial charge in [0, 0.05) is 28.5 Å². The van der Waals surface area contributed by atoms with E-state index in [-0.39, 0.29) is 62.6 Å². The Hall–Kier alpha value is 0.793. The summed E-state index contributed by atoms with van der Waals surface area (Å²) in [7, 11) is -3.44. The third-order valence-corrected chi connectivity index (χ3v) is 19.5. The summed E-state index contributed by atoms with van der Waals surface area (Å²) < 4.78 is 0. The number of aliphatic hydroxyl groups is 4. The SMILES string of the molecule is CC(C)C(O)CC(O)[Si](C)(C)C(C)(C)C.CC(C)C(O)CC(O)[Si](C)(C)C(C)(C)C.[Cu]. The minimum Gasteiger partial charge on any atom is -0.396 e. The second-order valence-corrected chi connectivity index (χ2v) is 24.3. The molecule has 4 unspecified atom stereocenters. The molecular weight excluding hydrogens is 472 g/mol. The molecule has 0 saturated heterocycles. The molecule has 4 atom stereocenters. The van der Waals surface area contributed by atoms with E-state index in [2.05, 4.69) is 67.7 Å². The van der Waals surface area contributed by atoms with Crippen LogP contribution in [0.2, 0.25) is 36.3 Å². The van der Waals surface area contributed by atoms with Crippen molar-refractivity contribution in [3.63, 3.8) is 0 Å². The van der Waals surface area contributed by atoms with Crippen LogP contribution in [0, 0.1) is 11.8 Å². The first-order chi connectivity index (χ1) is 13.0. The van der Waals surface area contributed by atoms with Gasteiger partial charge in [0.15, 0.2) is 0 Å².